The van der Waals surface area contributed by atoms with E-state index >= 15 is 4.39 Å². The fourth-order valence-electron chi connectivity index (χ4n) is 8.26. The van der Waals surface area contributed by atoms with Crippen molar-refractivity contribution in [3.05, 3.63) is 48.1 Å². The molecule has 1 amide bonds. The minimum absolute atomic E-state index is 0.211. The van der Waals surface area contributed by atoms with Crippen molar-refractivity contribution in [3.63, 3.8) is 0 Å². The molecule has 4 heterocycles. The highest BCUT2D eigenvalue weighted by molar-refractivity contribution is 6.00. The summed E-state index contributed by atoms with van der Waals surface area (Å²) >= 11 is 0. The van der Waals surface area contributed by atoms with E-state index in [1.807, 2.05) is 4.90 Å². The van der Waals surface area contributed by atoms with Crippen LogP contribution in [0.25, 0.3) is 17.5 Å². The number of carbonyl (C=O) groups is 5. The summed E-state index contributed by atoms with van der Waals surface area (Å²) in [5, 5.41) is 14.2. The molecule has 3 fully saturated rings. The molecule has 1 aromatic heterocycles. The number of halogens is 1. The van der Waals surface area contributed by atoms with E-state index in [1.54, 1.807) is 66.1 Å². The van der Waals surface area contributed by atoms with Gasteiger partial charge in [-0.05, 0) is 77.9 Å². The highest BCUT2D eigenvalue weighted by Gasteiger charge is 2.53. The van der Waals surface area contributed by atoms with Crippen molar-refractivity contribution in [1.29, 1.82) is 0 Å². The quantitative estimate of drug-likeness (QED) is 0.188. The third kappa shape index (κ3) is 10.5. The summed E-state index contributed by atoms with van der Waals surface area (Å²) in [5.74, 6) is -6.88. The molecule has 0 spiro atoms. The normalized spacial score (nSPS) is 34.9. The summed E-state index contributed by atoms with van der Waals surface area (Å²) in [5.41, 5.74) is -0.802. The number of cyclic esters (lactones) is 1. The van der Waals surface area contributed by atoms with Crippen LogP contribution in [0.1, 0.15) is 73.3 Å². The first-order valence-electron chi connectivity index (χ1n) is 20.0. The Hall–Kier alpha value is -4.71. The van der Waals surface area contributed by atoms with Gasteiger partial charge in [-0.15, -0.1) is 0 Å². The summed E-state index contributed by atoms with van der Waals surface area (Å²) in [7, 11) is 3.57. The van der Waals surface area contributed by atoms with E-state index < -0.39 is 115 Å². The zero-order valence-electron chi connectivity index (χ0n) is 34.9. The molecule has 3 aliphatic rings. The standard InChI is InChI=1S/C42H56FN3O13/c1-10-30-35-31(45-40(51)57-35)23(4)32(47)21(2)19-42(7,59-41(52)54-20-28(43)18-26-11-13-27(14-12-26)37-44-15-16-53-37)36(24(5)33(48)25(6)38(50)56-30)58-39-34(49)29(46(8)9)17-22(3)55-39/h11-16,18,21-25,29-31,34-36,39,49H,10,17,19-20H2,1-9H3,(H,45,51)/b28-18-/t21-,22-,23-,24+,25-,29+,30-,31+,34-,35-,36?,39?,42-/m1/s1. The summed E-state index contributed by atoms with van der Waals surface area (Å²) in [6, 6.07) is 5.28. The summed E-state index contributed by atoms with van der Waals surface area (Å²) in [4.78, 5) is 74.3. The van der Waals surface area contributed by atoms with Gasteiger partial charge in [0.15, 0.2) is 18.2 Å². The van der Waals surface area contributed by atoms with Gasteiger partial charge in [0, 0.05) is 29.4 Å². The van der Waals surface area contributed by atoms with Gasteiger partial charge in [0.05, 0.1) is 18.3 Å². The Morgan fingerprint density at radius 3 is 2.37 bits per heavy atom. The number of nitrogens with zero attached hydrogens (tertiary/aromatic N) is 2. The molecule has 3 aliphatic heterocycles. The Morgan fingerprint density at radius 1 is 1.05 bits per heavy atom. The highest BCUT2D eigenvalue weighted by Crippen LogP contribution is 2.39. The maximum absolute atomic E-state index is 15.2. The van der Waals surface area contributed by atoms with Gasteiger partial charge >= 0.3 is 18.2 Å². The molecule has 1 aromatic carbocycles. The maximum Gasteiger partial charge on any atom is 0.509 e. The second kappa shape index (κ2) is 19.1. The lowest BCUT2D eigenvalue weighted by atomic mass is 9.75. The fraction of sp³-hybridized carbons (Fsp3) is 0.619. The number of benzene rings is 1. The van der Waals surface area contributed by atoms with Crippen molar-refractivity contribution in [2.75, 3.05) is 20.7 Å². The van der Waals surface area contributed by atoms with Crippen LogP contribution in [0.5, 0.6) is 0 Å². The van der Waals surface area contributed by atoms with Crippen molar-refractivity contribution >= 4 is 35.9 Å². The van der Waals surface area contributed by atoms with Crippen LogP contribution >= 0.6 is 0 Å². The number of alkyl carbamates (subject to hydrolysis) is 1. The van der Waals surface area contributed by atoms with Crippen molar-refractivity contribution < 1.29 is 66.3 Å². The molecule has 2 aromatic rings. The number of fused-ring (bicyclic) bond motifs is 1. The number of carbonyl (C=O) groups excluding carboxylic acids is 5. The zero-order valence-corrected chi connectivity index (χ0v) is 34.9. The Kier molecular flexibility index (Phi) is 14.7. The SMILES string of the molecule is CC[C@H]1OC(=O)[C@H](C)C(=O)[C@H](C)C(OC2O[C@H](C)C[C@H](N(C)C)[C@H]2O)[C@](C)(OC(=O)OC/C(F)=C/c2ccc(-c3ncco3)cc2)C[C@@H](C)C(=O)[C@H](C)[C@@H]2NC(=O)O[C@@H]21. The van der Waals surface area contributed by atoms with Crippen LogP contribution in [0.15, 0.2) is 47.0 Å². The van der Waals surface area contributed by atoms with Crippen molar-refractivity contribution in [1.82, 2.24) is 15.2 Å². The van der Waals surface area contributed by atoms with Crippen LogP contribution in [0, 0.1) is 23.7 Å². The Bertz CT molecular complexity index is 1840. The molecular formula is C42H56FN3O13. The van der Waals surface area contributed by atoms with Gasteiger partial charge < -0.3 is 48.2 Å². The fourth-order valence-corrected chi connectivity index (χ4v) is 8.26. The molecule has 13 atom stereocenters. The van der Waals surface area contributed by atoms with Gasteiger partial charge in [-0.3, -0.25) is 14.4 Å². The molecule has 3 saturated heterocycles. The second-order valence-electron chi connectivity index (χ2n) is 16.3. The predicted molar refractivity (Wildman–Crippen MR) is 208 cm³/mol. The number of hydrogen-bond donors (Lipinski definition) is 2. The maximum atomic E-state index is 15.2. The summed E-state index contributed by atoms with van der Waals surface area (Å²) in [6.45, 7) is 10.2. The number of ether oxygens (including phenoxy) is 6. The van der Waals surface area contributed by atoms with Crippen LogP contribution in [0.3, 0.4) is 0 Å². The van der Waals surface area contributed by atoms with E-state index in [4.69, 9.17) is 32.8 Å². The molecule has 16 nitrogen and oxygen atoms in total. The lowest BCUT2D eigenvalue weighted by Crippen LogP contribution is -2.60. The third-order valence-corrected chi connectivity index (χ3v) is 11.5. The van der Waals surface area contributed by atoms with Gasteiger partial charge in [-0.1, -0.05) is 39.8 Å². The first kappa shape index (κ1) is 45.4. The molecule has 0 aliphatic carbocycles. The number of likely N-dealkylation sites (N-methyl/N-ethyl adjacent to an activating group) is 1. The third-order valence-electron chi connectivity index (χ3n) is 11.5. The summed E-state index contributed by atoms with van der Waals surface area (Å²) in [6.07, 6.45) is -4.18. The van der Waals surface area contributed by atoms with Gasteiger partial charge in [-0.2, -0.15) is 0 Å². The minimum Gasteiger partial charge on any atom is -0.458 e. The number of amides is 1. The first-order valence-corrected chi connectivity index (χ1v) is 20.0. The average molecular weight is 830 g/mol. The number of esters is 1. The molecular weight excluding hydrogens is 773 g/mol. The van der Waals surface area contributed by atoms with Crippen LogP contribution < -0.4 is 5.32 Å². The number of ketones is 2. The molecule has 2 unspecified atom stereocenters. The minimum atomic E-state index is -1.93. The molecule has 17 heteroatoms. The van der Waals surface area contributed by atoms with Gasteiger partial charge in [-0.25, -0.2) is 19.0 Å². The number of oxazole rings is 1. The lowest BCUT2D eigenvalue weighted by Gasteiger charge is -2.46. The summed E-state index contributed by atoms with van der Waals surface area (Å²) < 4.78 is 55.7. The molecule has 324 valence electrons. The van der Waals surface area contributed by atoms with E-state index in [9.17, 15) is 29.1 Å². The molecule has 59 heavy (non-hydrogen) atoms. The van der Waals surface area contributed by atoms with E-state index in [-0.39, 0.29) is 18.6 Å². The number of Topliss-reactive ketones (excluding diaryl/α,β-unsaturated/α-hetero) is 2. The number of aliphatic hydroxyl groups is 1. The Morgan fingerprint density at radius 2 is 1.75 bits per heavy atom. The van der Waals surface area contributed by atoms with E-state index in [0.29, 0.717) is 23.4 Å². The number of rotatable bonds is 9. The zero-order chi connectivity index (χ0) is 43.3. The van der Waals surface area contributed by atoms with Gasteiger partial charge in [0.1, 0.15) is 54.3 Å². The van der Waals surface area contributed by atoms with Gasteiger partial charge in [0.25, 0.3) is 0 Å². The van der Waals surface area contributed by atoms with Crippen LogP contribution in [-0.2, 0) is 42.8 Å². The smallest absolute Gasteiger partial charge is 0.458 e. The van der Waals surface area contributed by atoms with Crippen molar-refractivity contribution in [2.24, 2.45) is 23.7 Å². The molecule has 0 radical (unpaired) electrons. The van der Waals surface area contributed by atoms with Crippen molar-refractivity contribution in [2.45, 2.75) is 122 Å². The number of hydrogen-bond acceptors (Lipinski definition) is 15. The van der Waals surface area contributed by atoms with E-state index in [1.165, 1.54) is 33.2 Å². The van der Waals surface area contributed by atoms with E-state index in [0.717, 1.165) is 6.08 Å². The van der Waals surface area contributed by atoms with E-state index in [2.05, 4.69) is 10.3 Å². The van der Waals surface area contributed by atoms with Crippen LogP contribution in [-0.4, -0.2) is 120 Å². The molecule has 2 N–H and O–H groups in total. The van der Waals surface area contributed by atoms with Gasteiger partial charge in [0.2, 0.25) is 5.89 Å². The monoisotopic (exact) mass is 829 g/mol. The topological polar surface area (TPSA) is 202 Å². The second-order valence-corrected chi connectivity index (χ2v) is 16.3. The Labute approximate surface area is 343 Å². The number of aliphatic hydroxyl groups excluding tert-OH is 1. The van der Waals surface area contributed by atoms with Crippen LogP contribution in [0.2, 0.25) is 0 Å². The van der Waals surface area contributed by atoms with Crippen molar-refractivity contribution in [3.8, 4) is 11.5 Å². The average Bonchev–Trinajstić information content (AvgIpc) is 3.88. The molecule has 0 saturated carbocycles. The Balaban J connectivity index is 1.49. The highest BCUT2D eigenvalue weighted by atomic mass is 19.1. The molecule has 5 rings (SSSR count). The number of nitrogens with one attached hydrogen (secondary N) is 1. The molecule has 0 bridgehead atoms. The largest absolute Gasteiger partial charge is 0.509 e. The lowest BCUT2D eigenvalue weighted by molar-refractivity contribution is -0.293. The van der Waals surface area contributed by atoms with Crippen LogP contribution in [0.4, 0.5) is 14.0 Å². The first-order chi connectivity index (χ1) is 27.8. The number of aromatic nitrogens is 1. The predicted octanol–water partition coefficient (Wildman–Crippen LogP) is 5.26.